The van der Waals surface area contributed by atoms with E-state index in [4.69, 9.17) is 4.74 Å². The molecule has 1 unspecified atom stereocenters. The molecule has 1 atom stereocenters. The van der Waals surface area contributed by atoms with Crippen LogP contribution in [0, 0.1) is 5.92 Å². The first-order valence-corrected chi connectivity index (χ1v) is 10.1. The summed E-state index contributed by atoms with van der Waals surface area (Å²) in [6.45, 7) is 4.64. The third-order valence-corrected chi connectivity index (χ3v) is 5.42. The molecule has 0 bridgehead atoms. The van der Waals surface area contributed by atoms with Gasteiger partial charge in [0.2, 0.25) is 5.91 Å². The maximum atomic E-state index is 12.9. The highest BCUT2D eigenvalue weighted by molar-refractivity contribution is 5.77. The van der Waals surface area contributed by atoms with Gasteiger partial charge in [0.25, 0.3) is 0 Å². The molecular formula is C22H33NO3. The van der Waals surface area contributed by atoms with Crippen LogP contribution in [-0.2, 0) is 14.3 Å². The average Bonchev–Trinajstić information content (AvgIpc) is 2.68. The van der Waals surface area contributed by atoms with Gasteiger partial charge in [-0.05, 0) is 31.7 Å². The van der Waals surface area contributed by atoms with E-state index in [1.54, 1.807) is 6.92 Å². The van der Waals surface area contributed by atoms with Crippen LogP contribution in [0.2, 0.25) is 0 Å². The van der Waals surface area contributed by atoms with Crippen molar-refractivity contribution >= 4 is 11.9 Å². The van der Waals surface area contributed by atoms with E-state index in [9.17, 15) is 9.59 Å². The zero-order chi connectivity index (χ0) is 18.8. The molecule has 0 radical (unpaired) electrons. The largest absolute Gasteiger partial charge is 0.466 e. The maximum Gasteiger partial charge on any atom is 0.307 e. The fraction of sp³-hybridized carbons (Fsp3) is 0.636. The van der Waals surface area contributed by atoms with Crippen LogP contribution in [0.25, 0.3) is 0 Å². The fourth-order valence-electron chi connectivity index (χ4n) is 3.84. The minimum absolute atomic E-state index is 0.0375. The van der Waals surface area contributed by atoms with Crippen LogP contribution in [0.5, 0.6) is 0 Å². The van der Waals surface area contributed by atoms with Crippen LogP contribution in [0.1, 0.15) is 76.8 Å². The summed E-state index contributed by atoms with van der Waals surface area (Å²) < 4.78 is 5.04. The van der Waals surface area contributed by atoms with Gasteiger partial charge in [0, 0.05) is 13.0 Å². The Morgan fingerprint density at radius 3 is 2.46 bits per heavy atom. The molecule has 1 amide bonds. The summed E-state index contributed by atoms with van der Waals surface area (Å²) in [5, 5.41) is 0. The topological polar surface area (TPSA) is 46.6 Å². The lowest BCUT2D eigenvalue weighted by atomic mass is 9.86. The molecule has 1 aliphatic carbocycles. The normalized spacial score (nSPS) is 16.1. The second-order valence-corrected chi connectivity index (χ2v) is 7.27. The lowest BCUT2D eigenvalue weighted by Gasteiger charge is -2.30. The van der Waals surface area contributed by atoms with E-state index < -0.39 is 0 Å². The van der Waals surface area contributed by atoms with Crippen molar-refractivity contribution in [3.05, 3.63) is 35.9 Å². The quantitative estimate of drug-likeness (QED) is 0.590. The van der Waals surface area contributed by atoms with Gasteiger partial charge in [0.05, 0.1) is 19.1 Å². The number of benzene rings is 1. The van der Waals surface area contributed by atoms with Gasteiger partial charge >= 0.3 is 5.97 Å². The number of esters is 1. The van der Waals surface area contributed by atoms with Crippen molar-refractivity contribution in [1.82, 2.24) is 4.90 Å². The lowest BCUT2D eigenvalue weighted by Crippen LogP contribution is -2.35. The predicted octanol–water partition coefficient (Wildman–Crippen LogP) is 4.89. The highest BCUT2D eigenvalue weighted by atomic mass is 16.5. The predicted molar refractivity (Wildman–Crippen MR) is 104 cm³/mol. The summed E-state index contributed by atoms with van der Waals surface area (Å²) in [6.07, 6.45) is 8.23. The van der Waals surface area contributed by atoms with Gasteiger partial charge in [-0.3, -0.25) is 9.59 Å². The molecule has 26 heavy (non-hydrogen) atoms. The van der Waals surface area contributed by atoms with E-state index in [2.05, 4.69) is 0 Å². The molecule has 0 aromatic heterocycles. The molecule has 4 heteroatoms. The number of nitrogens with zero attached hydrogens (tertiary/aromatic N) is 1. The number of ether oxygens (including phenoxy) is 1. The van der Waals surface area contributed by atoms with E-state index in [1.807, 2.05) is 42.2 Å². The van der Waals surface area contributed by atoms with Crippen LogP contribution in [0.15, 0.2) is 30.3 Å². The smallest absolute Gasteiger partial charge is 0.307 e. The van der Waals surface area contributed by atoms with Crippen LogP contribution in [0.4, 0.5) is 0 Å². The Morgan fingerprint density at radius 1 is 1.12 bits per heavy atom. The molecule has 0 N–H and O–H groups in total. The molecule has 1 aliphatic rings. The van der Waals surface area contributed by atoms with Crippen LogP contribution < -0.4 is 0 Å². The number of rotatable bonds is 9. The number of hydrogen-bond donors (Lipinski definition) is 0. The number of amides is 1. The first-order valence-electron chi connectivity index (χ1n) is 10.1. The first kappa shape index (κ1) is 20.5. The van der Waals surface area contributed by atoms with Crippen LogP contribution >= 0.6 is 0 Å². The van der Waals surface area contributed by atoms with E-state index >= 15 is 0 Å². The Morgan fingerprint density at radius 2 is 1.81 bits per heavy atom. The summed E-state index contributed by atoms with van der Waals surface area (Å²) in [6, 6.07) is 9.99. The van der Waals surface area contributed by atoms with E-state index in [0.29, 0.717) is 25.5 Å². The molecule has 0 saturated heterocycles. The molecule has 1 aromatic carbocycles. The van der Waals surface area contributed by atoms with Crippen molar-refractivity contribution in [2.75, 3.05) is 13.2 Å². The molecule has 0 spiro atoms. The number of carbonyl (C=O) groups is 2. The SMILES string of the molecule is CCOC(=O)CCN(C(=O)CCC1CCCCC1)C(C)c1ccccc1. The Bertz CT molecular complexity index is 552. The van der Waals surface area contributed by atoms with E-state index in [1.165, 1.54) is 32.1 Å². The monoisotopic (exact) mass is 359 g/mol. The summed E-state index contributed by atoms with van der Waals surface area (Å²) in [7, 11) is 0. The van der Waals surface area contributed by atoms with Crippen molar-refractivity contribution in [1.29, 1.82) is 0 Å². The van der Waals surface area contributed by atoms with Gasteiger partial charge in [-0.25, -0.2) is 0 Å². The van der Waals surface area contributed by atoms with Crippen molar-refractivity contribution in [3.63, 3.8) is 0 Å². The Balaban J connectivity index is 1.98. The zero-order valence-corrected chi connectivity index (χ0v) is 16.3. The molecule has 4 nitrogen and oxygen atoms in total. The van der Waals surface area contributed by atoms with E-state index in [-0.39, 0.29) is 24.3 Å². The fourth-order valence-corrected chi connectivity index (χ4v) is 3.84. The van der Waals surface area contributed by atoms with Crippen molar-refractivity contribution < 1.29 is 14.3 Å². The lowest BCUT2D eigenvalue weighted by molar-refractivity contribution is -0.144. The standard InChI is InChI=1S/C22H33NO3/c1-3-26-22(25)16-17-23(18(2)20-12-8-5-9-13-20)21(24)15-14-19-10-6-4-7-11-19/h5,8-9,12-13,18-19H,3-4,6-7,10-11,14-17H2,1-2H3. The molecule has 2 rings (SSSR count). The second-order valence-electron chi connectivity index (χ2n) is 7.27. The average molecular weight is 360 g/mol. The van der Waals surface area contributed by atoms with Gasteiger partial charge in [-0.1, -0.05) is 62.4 Å². The van der Waals surface area contributed by atoms with Gasteiger partial charge in [-0.15, -0.1) is 0 Å². The third-order valence-electron chi connectivity index (χ3n) is 5.42. The summed E-state index contributed by atoms with van der Waals surface area (Å²) >= 11 is 0. The first-order chi connectivity index (χ1) is 12.6. The highest BCUT2D eigenvalue weighted by Gasteiger charge is 2.23. The second kappa shape index (κ2) is 11.0. The van der Waals surface area contributed by atoms with Gasteiger partial charge in [0.15, 0.2) is 0 Å². The Hall–Kier alpha value is -1.84. The highest BCUT2D eigenvalue weighted by Crippen LogP contribution is 2.28. The number of hydrogen-bond acceptors (Lipinski definition) is 3. The minimum atomic E-state index is -0.238. The van der Waals surface area contributed by atoms with Crippen LogP contribution in [-0.4, -0.2) is 29.9 Å². The van der Waals surface area contributed by atoms with Crippen molar-refractivity contribution in [3.8, 4) is 0 Å². The Kier molecular flexibility index (Phi) is 8.66. The Labute approximate surface area is 157 Å². The summed E-state index contributed by atoms with van der Waals surface area (Å²) in [5.74, 6) is 0.598. The van der Waals surface area contributed by atoms with Gasteiger partial charge in [-0.2, -0.15) is 0 Å². The molecule has 1 saturated carbocycles. The van der Waals surface area contributed by atoms with Crippen molar-refractivity contribution in [2.24, 2.45) is 5.92 Å². The maximum absolute atomic E-state index is 12.9. The molecule has 144 valence electrons. The van der Waals surface area contributed by atoms with Crippen molar-refractivity contribution in [2.45, 2.75) is 71.3 Å². The van der Waals surface area contributed by atoms with Gasteiger partial charge < -0.3 is 9.64 Å². The minimum Gasteiger partial charge on any atom is -0.466 e. The molecule has 1 aromatic rings. The van der Waals surface area contributed by atoms with E-state index in [0.717, 1.165) is 12.0 Å². The molecule has 0 heterocycles. The van der Waals surface area contributed by atoms with Crippen LogP contribution in [0.3, 0.4) is 0 Å². The van der Waals surface area contributed by atoms with Gasteiger partial charge in [0.1, 0.15) is 0 Å². The number of carbonyl (C=O) groups excluding carboxylic acids is 2. The summed E-state index contributed by atoms with van der Waals surface area (Å²) in [4.78, 5) is 26.6. The molecule has 1 fully saturated rings. The zero-order valence-electron chi connectivity index (χ0n) is 16.3. The molecule has 0 aliphatic heterocycles. The third kappa shape index (κ3) is 6.47. The summed E-state index contributed by atoms with van der Waals surface area (Å²) in [5.41, 5.74) is 1.10. The molecular weight excluding hydrogens is 326 g/mol.